The number of aromatic nitrogens is 3. The van der Waals surface area contributed by atoms with Gasteiger partial charge in [0.2, 0.25) is 0 Å². The standard InChI is InChI=1S/C18H22N4O4S/c1-4-5-11-26-16-10-9-13(25-3)12-15(16)21-27(23,24)17-8-6-7-14-18(17)20-22(2)19-14/h6-10,12,21H,4-5,11H2,1-3H3. The van der Waals surface area contributed by atoms with Crippen LogP contribution in [0.2, 0.25) is 0 Å². The summed E-state index contributed by atoms with van der Waals surface area (Å²) in [5.74, 6) is 0.965. The zero-order valence-corrected chi connectivity index (χ0v) is 16.3. The van der Waals surface area contributed by atoms with Gasteiger partial charge in [-0.05, 0) is 30.7 Å². The first-order valence-electron chi connectivity index (χ1n) is 8.58. The second-order valence-corrected chi connectivity index (χ2v) is 7.63. The number of ether oxygens (including phenoxy) is 2. The molecule has 0 radical (unpaired) electrons. The molecule has 0 saturated carbocycles. The number of hydrogen-bond acceptors (Lipinski definition) is 6. The molecule has 0 aliphatic heterocycles. The average Bonchev–Trinajstić information content (AvgIpc) is 3.02. The van der Waals surface area contributed by atoms with Gasteiger partial charge < -0.3 is 9.47 Å². The highest BCUT2D eigenvalue weighted by atomic mass is 32.2. The molecule has 9 heteroatoms. The van der Waals surface area contributed by atoms with Gasteiger partial charge in [-0.3, -0.25) is 4.72 Å². The number of nitrogens with zero attached hydrogens (tertiary/aromatic N) is 3. The second-order valence-electron chi connectivity index (χ2n) is 5.98. The van der Waals surface area contributed by atoms with Crippen molar-refractivity contribution in [1.82, 2.24) is 15.0 Å². The summed E-state index contributed by atoms with van der Waals surface area (Å²) in [6.07, 6.45) is 1.85. The molecule has 0 amide bonds. The van der Waals surface area contributed by atoms with Gasteiger partial charge >= 0.3 is 0 Å². The minimum Gasteiger partial charge on any atom is -0.497 e. The lowest BCUT2D eigenvalue weighted by atomic mass is 10.3. The lowest BCUT2D eigenvalue weighted by Crippen LogP contribution is -2.15. The third kappa shape index (κ3) is 4.13. The van der Waals surface area contributed by atoms with E-state index in [1.807, 2.05) is 0 Å². The molecule has 0 unspecified atom stereocenters. The molecule has 0 aliphatic rings. The molecule has 3 rings (SSSR count). The summed E-state index contributed by atoms with van der Waals surface area (Å²) in [6, 6.07) is 9.85. The van der Waals surface area contributed by atoms with Crippen LogP contribution < -0.4 is 14.2 Å². The van der Waals surface area contributed by atoms with Crippen LogP contribution >= 0.6 is 0 Å². The minimum atomic E-state index is -3.91. The Hall–Kier alpha value is -2.81. The van der Waals surface area contributed by atoms with Crippen LogP contribution in [0.1, 0.15) is 19.8 Å². The fourth-order valence-electron chi connectivity index (χ4n) is 2.60. The fraction of sp³-hybridized carbons (Fsp3) is 0.333. The molecule has 0 atom stereocenters. The van der Waals surface area contributed by atoms with Crippen LogP contribution in [0.15, 0.2) is 41.3 Å². The zero-order valence-electron chi connectivity index (χ0n) is 15.5. The number of aryl methyl sites for hydroxylation is 1. The molecule has 3 aromatic rings. The molecule has 1 aromatic heterocycles. The minimum absolute atomic E-state index is 0.0513. The third-order valence-electron chi connectivity index (χ3n) is 3.95. The largest absolute Gasteiger partial charge is 0.497 e. The molecular formula is C18H22N4O4S. The molecule has 0 fully saturated rings. The molecule has 144 valence electrons. The van der Waals surface area contributed by atoms with Crippen LogP contribution in [-0.2, 0) is 17.1 Å². The predicted octanol–water partition coefficient (Wildman–Crippen LogP) is 2.96. The highest BCUT2D eigenvalue weighted by Crippen LogP contribution is 2.32. The van der Waals surface area contributed by atoms with Gasteiger partial charge in [-0.15, -0.1) is 0 Å². The normalized spacial score (nSPS) is 11.5. The topological polar surface area (TPSA) is 95.3 Å². The van der Waals surface area contributed by atoms with Crippen molar-refractivity contribution in [3.63, 3.8) is 0 Å². The maximum Gasteiger partial charge on any atom is 0.264 e. The summed E-state index contributed by atoms with van der Waals surface area (Å²) in [5.41, 5.74) is 1.13. The Kier molecular flexibility index (Phi) is 5.50. The van der Waals surface area contributed by atoms with E-state index in [-0.39, 0.29) is 4.90 Å². The van der Waals surface area contributed by atoms with Gasteiger partial charge in [-0.1, -0.05) is 19.4 Å². The number of nitrogens with one attached hydrogen (secondary N) is 1. The van der Waals surface area contributed by atoms with Crippen molar-refractivity contribution in [2.75, 3.05) is 18.4 Å². The summed E-state index contributed by atoms with van der Waals surface area (Å²) in [7, 11) is -0.742. The van der Waals surface area contributed by atoms with E-state index in [9.17, 15) is 8.42 Å². The van der Waals surface area contributed by atoms with E-state index in [4.69, 9.17) is 9.47 Å². The van der Waals surface area contributed by atoms with Crippen molar-refractivity contribution in [3.05, 3.63) is 36.4 Å². The number of anilines is 1. The molecule has 0 bridgehead atoms. The van der Waals surface area contributed by atoms with Crippen LogP contribution in [0, 0.1) is 0 Å². The summed E-state index contributed by atoms with van der Waals surface area (Å²) in [4.78, 5) is 1.39. The highest BCUT2D eigenvalue weighted by molar-refractivity contribution is 7.93. The number of fused-ring (bicyclic) bond motifs is 1. The van der Waals surface area contributed by atoms with E-state index < -0.39 is 10.0 Å². The lowest BCUT2D eigenvalue weighted by Gasteiger charge is -2.15. The molecule has 0 saturated heterocycles. The first-order valence-corrected chi connectivity index (χ1v) is 10.1. The van der Waals surface area contributed by atoms with E-state index in [0.717, 1.165) is 12.8 Å². The Morgan fingerprint density at radius 2 is 2.00 bits per heavy atom. The maximum absolute atomic E-state index is 13.0. The highest BCUT2D eigenvalue weighted by Gasteiger charge is 2.22. The Morgan fingerprint density at radius 1 is 1.19 bits per heavy atom. The van der Waals surface area contributed by atoms with Crippen LogP contribution in [-0.4, -0.2) is 37.1 Å². The Morgan fingerprint density at radius 3 is 2.74 bits per heavy atom. The number of unbranched alkanes of at least 4 members (excludes halogenated alkanes) is 1. The Balaban J connectivity index is 1.99. The van der Waals surface area contributed by atoms with E-state index in [1.54, 1.807) is 37.4 Å². The van der Waals surface area contributed by atoms with E-state index in [2.05, 4.69) is 21.8 Å². The van der Waals surface area contributed by atoms with Crippen LogP contribution in [0.5, 0.6) is 11.5 Å². The Labute approximate surface area is 158 Å². The second kappa shape index (κ2) is 7.83. The maximum atomic E-state index is 13.0. The average molecular weight is 390 g/mol. The fourth-order valence-corrected chi connectivity index (χ4v) is 3.82. The summed E-state index contributed by atoms with van der Waals surface area (Å²) in [5, 5.41) is 8.33. The van der Waals surface area contributed by atoms with Gasteiger partial charge in [0.15, 0.2) is 0 Å². The predicted molar refractivity (Wildman–Crippen MR) is 103 cm³/mol. The van der Waals surface area contributed by atoms with E-state index >= 15 is 0 Å². The zero-order chi connectivity index (χ0) is 19.4. The van der Waals surface area contributed by atoms with Gasteiger partial charge in [0.05, 0.1) is 19.4 Å². The molecule has 0 aliphatic carbocycles. The molecule has 8 nitrogen and oxygen atoms in total. The summed E-state index contributed by atoms with van der Waals surface area (Å²) in [6.45, 7) is 2.56. The molecule has 2 aromatic carbocycles. The summed E-state index contributed by atoms with van der Waals surface area (Å²) < 4.78 is 39.6. The van der Waals surface area contributed by atoms with E-state index in [0.29, 0.717) is 34.8 Å². The van der Waals surface area contributed by atoms with Gasteiger partial charge in [0.1, 0.15) is 27.4 Å². The number of benzene rings is 2. The number of hydrogen-bond donors (Lipinski definition) is 1. The van der Waals surface area contributed by atoms with Gasteiger partial charge in [0.25, 0.3) is 10.0 Å². The van der Waals surface area contributed by atoms with Crippen LogP contribution in [0.3, 0.4) is 0 Å². The van der Waals surface area contributed by atoms with Crippen molar-refractivity contribution >= 4 is 26.7 Å². The molecule has 27 heavy (non-hydrogen) atoms. The number of rotatable bonds is 8. The number of sulfonamides is 1. The first kappa shape index (κ1) is 19.0. The Bertz CT molecular complexity index is 1050. The molecule has 0 spiro atoms. The smallest absolute Gasteiger partial charge is 0.264 e. The monoisotopic (exact) mass is 390 g/mol. The first-order chi connectivity index (χ1) is 12.9. The van der Waals surface area contributed by atoms with Crippen molar-refractivity contribution < 1.29 is 17.9 Å². The van der Waals surface area contributed by atoms with Crippen molar-refractivity contribution in [2.45, 2.75) is 24.7 Å². The van der Waals surface area contributed by atoms with Crippen molar-refractivity contribution in [2.24, 2.45) is 7.05 Å². The SMILES string of the molecule is CCCCOc1ccc(OC)cc1NS(=O)(=O)c1cccc2nn(C)nc12. The van der Waals surface area contributed by atoms with E-state index in [1.165, 1.54) is 18.0 Å². The van der Waals surface area contributed by atoms with Crippen LogP contribution in [0.4, 0.5) is 5.69 Å². The molecule has 1 heterocycles. The van der Waals surface area contributed by atoms with Gasteiger partial charge in [-0.2, -0.15) is 15.0 Å². The van der Waals surface area contributed by atoms with Crippen molar-refractivity contribution in [1.29, 1.82) is 0 Å². The van der Waals surface area contributed by atoms with Gasteiger partial charge in [0, 0.05) is 13.1 Å². The van der Waals surface area contributed by atoms with Crippen LogP contribution in [0.25, 0.3) is 11.0 Å². The van der Waals surface area contributed by atoms with Gasteiger partial charge in [-0.25, -0.2) is 8.42 Å². The summed E-state index contributed by atoms with van der Waals surface area (Å²) >= 11 is 0. The number of methoxy groups -OCH3 is 1. The molecule has 1 N–H and O–H groups in total. The lowest BCUT2D eigenvalue weighted by molar-refractivity contribution is 0.310. The van der Waals surface area contributed by atoms with Crippen molar-refractivity contribution in [3.8, 4) is 11.5 Å². The quantitative estimate of drug-likeness (QED) is 0.594. The third-order valence-corrected chi connectivity index (χ3v) is 5.35. The molecular weight excluding hydrogens is 368 g/mol.